The summed E-state index contributed by atoms with van der Waals surface area (Å²) in [6.45, 7) is 0. The molecule has 0 aliphatic carbocycles. The summed E-state index contributed by atoms with van der Waals surface area (Å²) in [5, 5.41) is 1.00. The molecule has 1 amide bonds. The molecule has 8 heteroatoms. The van der Waals surface area contributed by atoms with Gasteiger partial charge in [0.25, 0.3) is 5.91 Å². The van der Waals surface area contributed by atoms with Gasteiger partial charge in [-0.25, -0.2) is 0 Å². The first kappa shape index (κ1) is 15.6. The SMILES string of the molecule is O=C(C=Cc1cnccn1)NNc1c(Cl)cc(Cl)cc1Cl. The number of nitrogens with zero attached hydrogens (tertiary/aromatic N) is 2. The van der Waals surface area contributed by atoms with E-state index in [1.165, 1.54) is 36.7 Å². The van der Waals surface area contributed by atoms with Crippen molar-refractivity contribution in [3.8, 4) is 0 Å². The molecule has 0 spiro atoms. The number of benzene rings is 1. The van der Waals surface area contributed by atoms with Crippen LogP contribution in [0.3, 0.4) is 0 Å². The van der Waals surface area contributed by atoms with E-state index < -0.39 is 5.91 Å². The van der Waals surface area contributed by atoms with Crippen molar-refractivity contribution in [1.82, 2.24) is 15.4 Å². The standard InChI is InChI=1S/C13H9Cl3N4O/c14-8-5-10(15)13(11(16)6-8)20-19-12(21)2-1-9-7-17-3-4-18-9/h1-7,20H,(H,19,21). The molecule has 5 nitrogen and oxygen atoms in total. The third-order valence-electron chi connectivity index (χ3n) is 2.31. The highest BCUT2D eigenvalue weighted by Crippen LogP contribution is 2.32. The number of carbonyl (C=O) groups is 1. The highest BCUT2D eigenvalue weighted by molar-refractivity contribution is 6.41. The van der Waals surface area contributed by atoms with E-state index in [9.17, 15) is 4.79 Å². The van der Waals surface area contributed by atoms with Crippen molar-refractivity contribution in [3.63, 3.8) is 0 Å². The Morgan fingerprint density at radius 2 is 1.86 bits per heavy atom. The Bertz CT molecular complexity index is 653. The molecule has 0 saturated carbocycles. The maximum absolute atomic E-state index is 11.7. The monoisotopic (exact) mass is 342 g/mol. The van der Waals surface area contributed by atoms with Gasteiger partial charge in [-0.1, -0.05) is 34.8 Å². The first-order valence-corrected chi connectivity index (χ1v) is 6.84. The van der Waals surface area contributed by atoms with Crippen LogP contribution in [0, 0.1) is 0 Å². The van der Waals surface area contributed by atoms with Gasteiger partial charge in [-0.15, -0.1) is 0 Å². The Hall–Kier alpha value is -1.82. The molecule has 0 aliphatic rings. The van der Waals surface area contributed by atoms with Gasteiger partial charge in [0.2, 0.25) is 0 Å². The highest BCUT2D eigenvalue weighted by atomic mass is 35.5. The molecular formula is C13H9Cl3N4O. The third-order valence-corrected chi connectivity index (χ3v) is 3.12. The Balaban J connectivity index is 1.97. The van der Waals surface area contributed by atoms with Gasteiger partial charge in [0.15, 0.2) is 0 Å². The topological polar surface area (TPSA) is 66.9 Å². The normalized spacial score (nSPS) is 10.6. The molecule has 0 saturated heterocycles. The lowest BCUT2D eigenvalue weighted by atomic mass is 10.3. The van der Waals surface area contributed by atoms with Crippen LogP contribution < -0.4 is 10.9 Å². The van der Waals surface area contributed by atoms with Crippen LogP contribution in [-0.4, -0.2) is 15.9 Å². The first-order valence-electron chi connectivity index (χ1n) is 5.71. The third kappa shape index (κ3) is 4.60. The molecule has 21 heavy (non-hydrogen) atoms. The molecule has 2 N–H and O–H groups in total. The van der Waals surface area contributed by atoms with Crippen molar-refractivity contribution in [3.05, 3.63) is 57.6 Å². The Morgan fingerprint density at radius 3 is 2.48 bits per heavy atom. The minimum absolute atomic E-state index is 0.297. The molecular weight excluding hydrogens is 335 g/mol. The van der Waals surface area contributed by atoms with Crippen molar-refractivity contribution in [2.45, 2.75) is 0 Å². The molecule has 108 valence electrons. The second-order valence-electron chi connectivity index (χ2n) is 3.82. The second kappa shape index (κ2) is 7.26. The average Bonchev–Trinajstić information content (AvgIpc) is 2.45. The van der Waals surface area contributed by atoms with Crippen molar-refractivity contribution in [2.24, 2.45) is 0 Å². The lowest BCUT2D eigenvalue weighted by Gasteiger charge is -2.10. The molecule has 1 aromatic carbocycles. The molecule has 0 atom stereocenters. The van der Waals surface area contributed by atoms with Crippen LogP contribution in [0.1, 0.15) is 5.69 Å². The summed E-state index contributed by atoms with van der Waals surface area (Å²) < 4.78 is 0. The number of hydrazine groups is 1. The summed E-state index contributed by atoms with van der Waals surface area (Å²) in [7, 11) is 0. The summed E-state index contributed by atoms with van der Waals surface area (Å²) in [6, 6.07) is 3.03. The van der Waals surface area contributed by atoms with Crippen LogP contribution in [-0.2, 0) is 4.79 Å². The van der Waals surface area contributed by atoms with Crippen LogP contribution in [0.4, 0.5) is 5.69 Å². The lowest BCUT2D eigenvalue weighted by Crippen LogP contribution is -2.27. The van der Waals surface area contributed by atoms with Gasteiger partial charge < -0.3 is 0 Å². The number of rotatable bonds is 4. The number of anilines is 1. The van der Waals surface area contributed by atoms with Crippen molar-refractivity contribution in [1.29, 1.82) is 0 Å². The van der Waals surface area contributed by atoms with E-state index >= 15 is 0 Å². The van der Waals surface area contributed by atoms with Crippen LogP contribution in [0.2, 0.25) is 15.1 Å². The molecule has 0 bridgehead atoms. The van der Waals surface area contributed by atoms with Crippen LogP contribution in [0.15, 0.2) is 36.8 Å². The lowest BCUT2D eigenvalue weighted by molar-refractivity contribution is -0.115. The van der Waals surface area contributed by atoms with Gasteiger partial charge in [-0.3, -0.25) is 25.6 Å². The fraction of sp³-hybridized carbons (Fsp3) is 0. The fourth-order valence-electron chi connectivity index (χ4n) is 1.39. The van der Waals surface area contributed by atoms with Crippen molar-refractivity contribution in [2.75, 3.05) is 5.43 Å². The van der Waals surface area contributed by atoms with Gasteiger partial charge in [-0.2, -0.15) is 0 Å². The van der Waals surface area contributed by atoms with E-state index in [1.807, 2.05) is 0 Å². The minimum Gasteiger partial charge on any atom is -0.295 e. The average molecular weight is 344 g/mol. The zero-order chi connectivity index (χ0) is 15.2. The van der Waals surface area contributed by atoms with Crippen LogP contribution >= 0.6 is 34.8 Å². The number of aromatic nitrogens is 2. The Kier molecular flexibility index (Phi) is 5.38. The smallest absolute Gasteiger partial charge is 0.262 e. The molecule has 0 radical (unpaired) electrons. The van der Waals surface area contributed by atoms with E-state index in [2.05, 4.69) is 20.8 Å². The van der Waals surface area contributed by atoms with E-state index in [4.69, 9.17) is 34.8 Å². The zero-order valence-electron chi connectivity index (χ0n) is 10.5. The Labute approximate surface area is 135 Å². The number of nitrogens with one attached hydrogen (secondary N) is 2. The predicted octanol–water partition coefficient (Wildman–Crippen LogP) is 3.59. The van der Waals surface area contributed by atoms with E-state index in [0.717, 1.165) is 0 Å². The molecule has 1 aromatic heterocycles. The summed E-state index contributed by atoms with van der Waals surface area (Å²) in [5.41, 5.74) is 6.00. The molecule has 2 rings (SSSR count). The molecule has 0 unspecified atom stereocenters. The first-order chi connectivity index (χ1) is 10.1. The van der Waals surface area contributed by atoms with Crippen molar-refractivity contribution >= 4 is 52.5 Å². The van der Waals surface area contributed by atoms with Gasteiger partial charge in [-0.05, 0) is 18.2 Å². The Morgan fingerprint density at radius 1 is 1.14 bits per heavy atom. The maximum atomic E-state index is 11.7. The summed E-state index contributed by atoms with van der Waals surface area (Å²) in [4.78, 5) is 19.5. The van der Waals surface area contributed by atoms with Gasteiger partial charge in [0.1, 0.15) is 0 Å². The van der Waals surface area contributed by atoms with E-state index in [-0.39, 0.29) is 0 Å². The summed E-state index contributed by atoms with van der Waals surface area (Å²) in [5.74, 6) is -0.400. The molecule has 0 aliphatic heterocycles. The van der Waals surface area contributed by atoms with Crippen LogP contribution in [0.25, 0.3) is 6.08 Å². The van der Waals surface area contributed by atoms with E-state index in [1.54, 1.807) is 6.20 Å². The number of hydrogen-bond acceptors (Lipinski definition) is 4. The van der Waals surface area contributed by atoms with Gasteiger partial charge >= 0.3 is 0 Å². The summed E-state index contributed by atoms with van der Waals surface area (Å²) >= 11 is 17.7. The van der Waals surface area contributed by atoms with Gasteiger partial charge in [0.05, 0.1) is 27.6 Å². The molecule has 0 fully saturated rings. The second-order valence-corrected chi connectivity index (χ2v) is 5.07. The zero-order valence-corrected chi connectivity index (χ0v) is 12.7. The number of amides is 1. The summed E-state index contributed by atoms with van der Waals surface area (Å²) in [6.07, 6.45) is 7.43. The van der Waals surface area contributed by atoms with Gasteiger partial charge in [0, 0.05) is 23.5 Å². The highest BCUT2D eigenvalue weighted by Gasteiger charge is 2.08. The molecule has 1 heterocycles. The minimum atomic E-state index is -0.400. The van der Waals surface area contributed by atoms with E-state index in [0.29, 0.717) is 26.4 Å². The van der Waals surface area contributed by atoms with Crippen LogP contribution in [0.5, 0.6) is 0 Å². The largest absolute Gasteiger partial charge is 0.295 e. The molecule has 2 aromatic rings. The fourth-order valence-corrected chi connectivity index (χ4v) is 2.30. The number of carbonyl (C=O) groups excluding carboxylic acids is 1. The number of hydrogen-bond donors (Lipinski definition) is 2. The number of halogens is 3. The quantitative estimate of drug-likeness (QED) is 0.657. The van der Waals surface area contributed by atoms with Crippen molar-refractivity contribution < 1.29 is 4.79 Å². The maximum Gasteiger partial charge on any atom is 0.262 e. The predicted molar refractivity (Wildman–Crippen MR) is 84.3 cm³/mol.